The Morgan fingerprint density at radius 1 is 1.20 bits per heavy atom. The molecular formula is C18H19N3O3S. The molecule has 0 saturated carbocycles. The summed E-state index contributed by atoms with van der Waals surface area (Å²) in [6.07, 6.45) is 0. The molecule has 0 aliphatic heterocycles. The second kappa shape index (κ2) is 7.47. The first-order valence-corrected chi connectivity index (χ1v) is 9.02. The number of likely N-dealkylation sites (N-methyl/N-ethyl adjacent to an activating group) is 1. The second-order valence-electron chi connectivity index (χ2n) is 5.70. The molecule has 25 heavy (non-hydrogen) atoms. The van der Waals surface area contributed by atoms with Crippen molar-refractivity contribution < 1.29 is 13.2 Å². The smallest absolute Gasteiger partial charge is 0.243 e. The summed E-state index contributed by atoms with van der Waals surface area (Å²) in [5, 5.41) is 11.6. The summed E-state index contributed by atoms with van der Waals surface area (Å²) in [4.78, 5) is 12.2. The van der Waals surface area contributed by atoms with Crippen LogP contribution in [0.3, 0.4) is 0 Å². The summed E-state index contributed by atoms with van der Waals surface area (Å²) in [6, 6.07) is 13.1. The Morgan fingerprint density at radius 3 is 2.56 bits per heavy atom. The van der Waals surface area contributed by atoms with Crippen molar-refractivity contribution >= 4 is 21.6 Å². The van der Waals surface area contributed by atoms with Crippen LogP contribution in [0.4, 0.5) is 5.69 Å². The quantitative estimate of drug-likeness (QED) is 0.890. The molecule has 0 aromatic heterocycles. The van der Waals surface area contributed by atoms with Gasteiger partial charge >= 0.3 is 0 Å². The van der Waals surface area contributed by atoms with Gasteiger partial charge in [-0.25, -0.2) is 8.42 Å². The summed E-state index contributed by atoms with van der Waals surface area (Å²) in [7, 11) is -2.53. The molecule has 0 bridgehead atoms. The second-order valence-corrected chi connectivity index (χ2v) is 7.74. The van der Waals surface area contributed by atoms with Gasteiger partial charge in [-0.2, -0.15) is 9.57 Å². The van der Waals surface area contributed by atoms with E-state index in [9.17, 15) is 13.2 Å². The average Bonchev–Trinajstić information content (AvgIpc) is 2.59. The molecule has 130 valence electrons. The Labute approximate surface area is 147 Å². The first-order chi connectivity index (χ1) is 11.8. The first-order valence-electron chi connectivity index (χ1n) is 7.58. The molecule has 0 heterocycles. The van der Waals surface area contributed by atoms with Gasteiger partial charge in [-0.05, 0) is 49.2 Å². The van der Waals surface area contributed by atoms with Crippen LogP contribution in [-0.2, 0) is 14.8 Å². The van der Waals surface area contributed by atoms with E-state index in [1.54, 1.807) is 6.07 Å². The van der Waals surface area contributed by atoms with Gasteiger partial charge in [0.15, 0.2) is 0 Å². The van der Waals surface area contributed by atoms with Crippen molar-refractivity contribution in [1.82, 2.24) is 4.31 Å². The maximum absolute atomic E-state index is 12.5. The highest BCUT2D eigenvalue weighted by molar-refractivity contribution is 7.89. The summed E-state index contributed by atoms with van der Waals surface area (Å²) >= 11 is 0. The molecule has 2 rings (SSSR count). The highest BCUT2D eigenvalue weighted by Crippen LogP contribution is 2.19. The van der Waals surface area contributed by atoms with Gasteiger partial charge in [0.25, 0.3) is 0 Å². The third kappa shape index (κ3) is 4.24. The summed E-state index contributed by atoms with van der Waals surface area (Å²) in [5.41, 5.74) is 2.87. The van der Waals surface area contributed by atoms with Crippen LogP contribution in [0.25, 0.3) is 0 Å². The number of nitriles is 1. The van der Waals surface area contributed by atoms with E-state index < -0.39 is 15.9 Å². The maximum Gasteiger partial charge on any atom is 0.243 e. The lowest BCUT2D eigenvalue weighted by molar-refractivity contribution is -0.116. The van der Waals surface area contributed by atoms with Gasteiger partial charge in [-0.3, -0.25) is 4.79 Å². The SMILES string of the molecule is Cc1cccc(NC(=O)CN(C)S(=O)(=O)c2cccc(C#N)c2)c1C. The summed E-state index contributed by atoms with van der Waals surface area (Å²) in [5.74, 6) is -0.434. The first kappa shape index (κ1) is 18.6. The Bertz CT molecular complexity index is 946. The largest absolute Gasteiger partial charge is 0.325 e. The number of carbonyl (C=O) groups excluding carboxylic acids is 1. The number of nitrogens with one attached hydrogen (secondary N) is 1. The topological polar surface area (TPSA) is 90.3 Å². The standard InChI is InChI=1S/C18H19N3O3S/c1-13-6-4-9-17(14(13)2)20-18(22)12-21(3)25(23,24)16-8-5-7-15(10-16)11-19/h4-10H,12H2,1-3H3,(H,20,22). The zero-order valence-electron chi connectivity index (χ0n) is 14.3. The summed E-state index contributed by atoms with van der Waals surface area (Å²) < 4.78 is 26.1. The maximum atomic E-state index is 12.5. The Balaban J connectivity index is 2.15. The third-order valence-corrected chi connectivity index (χ3v) is 5.72. The molecule has 7 heteroatoms. The lowest BCUT2D eigenvalue weighted by atomic mass is 10.1. The third-order valence-electron chi connectivity index (χ3n) is 3.92. The van der Waals surface area contributed by atoms with Crippen LogP contribution in [0.5, 0.6) is 0 Å². The number of aryl methyl sites for hydroxylation is 1. The number of nitrogens with zero attached hydrogens (tertiary/aromatic N) is 2. The number of hydrogen-bond acceptors (Lipinski definition) is 4. The van der Waals surface area contributed by atoms with Crippen molar-refractivity contribution in [2.45, 2.75) is 18.7 Å². The Hall–Kier alpha value is -2.69. The van der Waals surface area contributed by atoms with Crippen molar-refractivity contribution in [3.05, 3.63) is 59.2 Å². The molecular weight excluding hydrogens is 338 g/mol. The fourth-order valence-corrected chi connectivity index (χ4v) is 3.44. The Morgan fingerprint density at radius 2 is 1.88 bits per heavy atom. The lowest BCUT2D eigenvalue weighted by Gasteiger charge is -2.18. The number of rotatable bonds is 5. The molecule has 0 aliphatic rings. The van der Waals surface area contributed by atoms with E-state index >= 15 is 0 Å². The van der Waals surface area contributed by atoms with E-state index in [0.717, 1.165) is 15.4 Å². The van der Waals surface area contributed by atoms with Crippen LogP contribution in [0.1, 0.15) is 16.7 Å². The van der Waals surface area contributed by atoms with Crippen LogP contribution in [0, 0.1) is 25.2 Å². The van der Waals surface area contributed by atoms with Gasteiger partial charge in [0, 0.05) is 12.7 Å². The highest BCUT2D eigenvalue weighted by Gasteiger charge is 2.23. The minimum absolute atomic E-state index is 0.0198. The number of amides is 1. The molecule has 1 N–H and O–H groups in total. The molecule has 6 nitrogen and oxygen atoms in total. The van der Waals surface area contributed by atoms with Crippen molar-refractivity contribution in [2.75, 3.05) is 18.9 Å². The van der Waals surface area contributed by atoms with E-state index in [4.69, 9.17) is 5.26 Å². The predicted molar refractivity (Wildman–Crippen MR) is 95.5 cm³/mol. The minimum Gasteiger partial charge on any atom is -0.325 e. The van der Waals surface area contributed by atoms with Gasteiger partial charge in [0.05, 0.1) is 23.1 Å². The number of anilines is 1. The van der Waals surface area contributed by atoms with E-state index in [0.29, 0.717) is 5.69 Å². The van der Waals surface area contributed by atoms with Crippen molar-refractivity contribution in [3.8, 4) is 6.07 Å². The van der Waals surface area contributed by atoms with E-state index in [-0.39, 0.29) is 17.0 Å². The fourth-order valence-electron chi connectivity index (χ4n) is 2.27. The van der Waals surface area contributed by atoms with Crippen LogP contribution in [0.15, 0.2) is 47.4 Å². The number of carbonyl (C=O) groups is 1. The van der Waals surface area contributed by atoms with Crippen molar-refractivity contribution in [1.29, 1.82) is 5.26 Å². The minimum atomic E-state index is -3.86. The zero-order valence-corrected chi connectivity index (χ0v) is 15.1. The normalized spacial score (nSPS) is 11.2. The number of hydrogen-bond donors (Lipinski definition) is 1. The molecule has 2 aromatic rings. The van der Waals surface area contributed by atoms with E-state index in [1.165, 1.54) is 31.3 Å². The molecule has 0 aliphatic carbocycles. The van der Waals surface area contributed by atoms with Gasteiger partial charge in [0.2, 0.25) is 15.9 Å². The average molecular weight is 357 g/mol. The molecule has 2 aromatic carbocycles. The molecule has 0 radical (unpaired) electrons. The zero-order chi connectivity index (χ0) is 18.6. The molecule has 0 unspecified atom stereocenters. The van der Waals surface area contributed by atoms with Crippen LogP contribution >= 0.6 is 0 Å². The molecule has 0 saturated heterocycles. The van der Waals surface area contributed by atoms with Gasteiger partial charge in [-0.1, -0.05) is 18.2 Å². The lowest BCUT2D eigenvalue weighted by Crippen LogP contribution is -2.35. The van der Waals surface area contributed by atoms with Crippen molar-refractivity contribution in [2.24, 2.45) is 0 Å². The molecule has 0 spiro atoms. The van der Waals surface area contributed by atoms with Crippen LogP contribution in [-0.4, -0.2) is 32.2 Å². The van der Waals surface area contributed by atoms with E-state index in [1.807, 2.05) is 32.0 Å². The van der Waals surface area contributed by atoms with Crippen LogP contribution < -0.4 is 5.32 Å². The van der Waals surface area contributed by atoms with Gasteiger partial charge in [0.1, 0.15) is 0 Å². The van der Waals surface area contributed by atoms with Crippen molar-refractivity contribution in [3.63, 3.8) is 0 Å². The predicted octanol–water partition coefficient (Wildman–Crippen LogP) is 2.43. The molecule has 0 atom stereocenters. The molecule has 0 fully saturated rings. The monoisotopic (exact) mass is 357 g/mol. The van der Waals surface area contributed by atoms with Gasteiger partial charge in [-0.15, -0.1) is 0 Å². The van der Waals surface area contributed by atoms with Gasteiger partial charge < -0.3 is 5.32 Å². The molecule has 1 amide bonds. The number of sulfonamides is 1. The van der Waals surface area contributed by atoms with Crippen LogP contribution in [0.2, 0.25) is 0 Å². The Kier molecular flexibility index (Phi) is 5.57. The number of benzene rings is 2. The van der Waals surface area contributed by atoms with E-state index in [2.05, 4.69) is 5.32 Å². The highest BCUT2D eigenvalue weighted by atomic mass is 32.2. The summed E-state index contributed by atoms with van der Waals surface area (Å²) in [6.45, 7) is 3.50. The fraction of sp³-hybridized carbons (Fsp3) is 0.222.